The van der Waals surface area contributed by atoms with Gasteiger partial charge >= 0.3 is 6.03 Å². The van der Waals surface area contributed by atoms with E-state index >= 15 is 0 Å². The van der Waals surface area contributed by atoms with E-state index in [0.717, 1.165) is 12.1 Å². The van der Waals surface area contributed by atoms with Crippen molar-refractivity contribution in [3.8, 4) is 0 Å². The smallest absolute Gasteiger partial charge is 0.326 e. The highest BCUT2D eigenvalue weighted by molar-refractivity contribution is 6.03. The van der Waals surface area contributed by atoms with Crippen molar-refractivity contribution >= 4 is 23.1 Å². The second kappa shape index (κ2) is 4.89. The maximum absolute atomic E-state index is 12.5. The van der Waals surface area contributed by atoms with Gasteiger partial charge in [-0.25, -0.2) is 4.79 Å². The summed E-state index contributed by atoms with van der Waals surface area (Å²) in [5.74, 6) is 0. The van der Waals surface area contributed by atoms with E-state index in [1.165, 1.54) is 5.56 Å². The van der Waals surface area contributed by atoms with E-state index < -0.39 is 0 Å². The average Bonchev–Trinajstić information content (AvgIpc) is 2.74. The fourth-order valence-electron chi connectivity index (χ4n) is 2.68. The molecule has 0 aromatic heterocycles. The van der Waals surface area contributed by atoms with Crippen LogP contribution in [0.15, 0.2) is 48.5 Å². The number of rotatable bonds is 1. The van der Waals surface area contributed by atoms with Crippen LogP contribution in [0.3, 0.4) is 0 Å². The number of nitrogens with one attached hydrogen (secondary N) is 1. The third-order valence-corrected chi connectivity index (χ3v) is 3.56. The lowest BCUT2D eigenvalue weighted by molar-refractivity contribution is 0.256. The quantitative estimate of drug-likeness (QED) is 0.779. The number of hydrogen-bond acceptors (Lipinski definition) is 2. The summed E-state index contributed by atoms with van der Waals surface area (Å²) in [5, 5.41) is 2.90. The van der Waals surface area contributed by atoms with Gasteiger partial charge in [-0.1, -0.05) is 24.3 Å². The molecule has 1 aliphatic heterocycles. The van der Waals surface area contributed by atoms with Crippen molar-refractivity contribution in [3.05, 3.63) is 54.1 Å². The van der Waals surface area contributed by atoms with Crippen molar-refractivity contribution in [1.82, 2.24) is 0 Å². The molecule has 0 fully saturated rings. The van der Waals surface area contributed by atoms with Crippen molar-refractivity contribution < 1.29 is 4.79 Å². The standard InChI is InChI=1S/C16H17N3O/c1-11-9-12-5-2-3-8-15(12)19(11)16(20)18-14-7-4-6-13(17)10-14/h2-8,10-11H,9,17H2,1H3,(H,18,20). The number of nitrogen functional groups attached to an aromatic ring is 1. The molecular formula is C16H17N3O. The van der Waals surface area contributed by atoms with Crippen molar-refractivity contribution in [3.63, 3.8) is 0 Å². The first-order valence-corrected chi connectivity index (χ1v) is 6.69. The highest BCUT2D eigenvalue weighted by atomic mass is 16.2. The van der Waals surface area contributed by atoms with Crippen molar-refractivity contribution in [2.75, 3.05) is 16.0 Å². The molecule has 0 bridgehead atoms. The Morgan fingerprint density at radius 1 is 1.25 bits per heavy atom. The lowest BCUT2D eigenvalue weighted by Gasteiger charge is -2.23. The number of carbonyl (C=O) groups excluding carboxylic acids is 1. The van der Waals surface area contributed by atoms with Gasteiger partial charge in [0, 0.05) is 23.1 Å². The van der Waals surface area contributed by atoms with Crippen LogP contribution >= 0.6 is 0 Å². The van der Waals surface area contributed by atoms with Crippen molar-refractivity contribution in [2.24, 2.45) is 0 Å². The fraction of sp³-hybridized carbons (Fsp3) is 0.188. The Bertz CT molecular complexity index is 654. The van der Waals surface area contributed by atoms with Gasteiger partial charge in [-0.2, -0.15) is 0 Å². The van der Waals surface area contributed by atoms with Crippen molar-refractivity contribution in [2.45, 2.75) is 19.4 Å². The molecule has 0 saturated carbocycles. The molecule has 1 unspecified atom stereocenters. The van der Waals surface area contributed by atoms with E-state index in [-0.39, 0.29) is 12.1 Å². The summed E-state index contributed by atoms with van der Waals surface area (Å²) in [5.41, 5.74) is 9.28. The van der Waals surface area contributed by atoms with E-state index in [2.05, 4.69) is 18.3 Å². The second-order valence-electron chi connectivity index (χ2n) is 5.11. The Labute approximate surface area is 118 Å². The number of carbonyl (C=O) groups is 1. The SMILES string of the molecule is CC1Cc2ccccc2N1C(=O)Nc1cccc(N)c1. The Morgan fingerprint density at radius 3 is 2.85 bits per heavy atom. The fourth-order valence-corrected chi connectivity index (χ4v) is 2.68. The van der Waals surface area contributed by atoms with Gasteiger partial charge in [0.2, 0.25) is 0 Å². The predicted octanol–water partition coefficient (Wildman–Crippen LogP) is 3.25. The van der Waals surface area contributed by atoms with E-state index in [1.54, 1.807) is 17.0 Å². The zero-order chi connectivity index (χ0) is 14.1. The first-order chi connectivity index (χ1) is 9.65. The number of nitrogens with zero attached hydrogens (tertiary/aromatic N) is 1. The molecule has 1 aliphatic rings. The summed E-state index contributed by atoms with van der Waals surface area (Å²) < 4.78 is 0. The number of anilines is 3. The third kappa shape index (κ3) is 2.20. The minimum absolute atomic E-state index is 0.118. The molecule has 2 amide bonds. The van der Waals surface area contributed by atoms with Gasteiger partial charge in [-0.15, -0.1) is 0 Å². The summed E-state index contributed by atoms with van der Waals surface area (Å²) in [6, 6.07) is 15.3. The van der Waals surface area contributed by atoms with Gasteiger partial charge in [0.15, 0.2) is 0 Å². The second-order valence-corrected chi connectivity index (χ2v) is 5.11. The molecule has 0 saturated heterocycles. The molecule has 0 spiro atoms. The maximum Gasteiger partial charge on any atom is 0.326 e. The molecule has 3 N–H and O–H groups in total. The molecule has 20 heavy (non-hydrogen) atoms. The molecule has 4 heteroatoms. The van der Waals surface area contributed by atoms with E-state index in [0.29, 0.717) is 11.4 Å². The summed E-state index contributed by atoms with van der Waals surface area (Å²) in [7, 11) is 0. The van der Waals surface area contributed by atoms with Gasteiger partial charge in [0.25, 0.3) is 0 Å². The largest absolute Gasteiger partial charge is 0.399 e. The molecule has 2 aromatic carbocycles. The van der Waals surface area contributed by atoms with Crippen molar-refractivity contribution in [1.29, 1.82) is 0 Å². The molecule has 1 atom stereocenters. The number of fused-ring (bicyclic) bond motifs is 1. The highest BCUT2D eigenvalue weighted by Crippen LogP contribution is 2.32. The first kappa shape index (κ1) is 12.5. The molecule has 3 rings (SSSR count). The minimum atomic E-state index is -0.118. The molecule has 1 heterocycles. The van der Waals surface area contributed by atoms with Crippen LogP contribution in [0.5, 0.6) is 0 Å². The molecule has 4 nitrogen and oxygen atoms in total. The zero-order valence-corrected chi connectivity index (χ0v) is 11.3. The molecular weight excluding hydrogens is 250 g/mol. The number of urea groups is 1. The average molecular weight is 267 g/mol. The predicted molar refractivity (Wildman–Crippen MR) is 82.0 cm³/mol. The Kier molecular flexibility index (Phi) is 3.06. The summed E-state index contributed by atoms with van der Waals surface area (Å²) in [6.07, 6.45) is 0.889. The van der Waals surface area contributed by atoms with Gasteiger partial charge < -0.3 is 11.1 Å². The maximum atomic E-state index is 12.5. The van der Waals surface area contributed by atoms with Crippen LogP contribution < -0.4 is 16.0 Å². The Balaban J connectivity index is 1.84. The highest BCUT2D eigenvalue weighted by Gasteiger charge is 2.30. The van der Waals surface area contributed by atoms with Crippen LogP contribution in [0.1, 0.15) is 12.5 Å². The topological polar surface area (TPSA) is 58.4 Å². The number of benzene rings is 2. The van der Waals surface area contributed by atoms with Gasteiger partial charge in [0.1, 0.15) is 0 Å². The normalized spacial score (nSPS) is 16.9. The van der Waals surface area contributed by atoms with Crippen LogP contribution in [0.4, 0.5) is 21.9 Å². The summed E-state index contributed by atoms with van der Waals surface area (Å²) in [4.78, 5) is 14.3. The number of para-hydroxylation sites is 1. The Morgan fingerprint density at radius 2 is 2.05 bits per heavy atom. The zero-order valence-electron chi connectivity index (χ0n) is 11.3. The van der Waals surface area contributed by atoms with Gasteiger partial charge in [-0.05, 0) is 43.2 Å². The summed E-state index contributed by atoms with van der Waals surface area (Å²) >= 11 is 0. The molecule has 0 radical (unpaired) electrons. The van der Waals surface area contributed by atoms with Gasteiger partial charge in [-0.3, -0.25) is 4.90 Å². The van der Waals surface area contributed by atoms with Gasteiger partial charge in [0.05, 0.1) is 0 Å². The third-order valence-electron chi connectivity index (χ3n) is 3.56. The van der Waals surface area contributed by atoms with Crippen LogP contribution in [0.25, 0.3) is 0 Å². The molecule has 2 aromatic rings. The number of amides is 2. The molecule has 102 valence electrons. The van der Waals surface area contributed by atoms with E-state index in [1.807, 2.05) is 30.3 Å². The van der Waals surface area contributed by atoms with E-state index in [9.17, 15) is 4.79 Å². The number of nitrogens with two attached hydrogens (primary N) is 1. The number of hydrogen-bond donors (Lipinski definition) is 2. The van der Waals surface area contributed by atoms with E-state index in [4.69, 9.17) is 5.73 Å². The minimum Gasteiger partial charge on any atom is -0.399 e. The van der Waals surface area contributed by atoms with Crippen LogP contribution in [0, 0.1) is 0 Å². The monoisotopic (exact) mass is 267 g/mol. The van der Waals surface area contributed by atoms with Crippen LogP contribution in [-0.4, -0.2) is 12.1 Å². The van der Waals surface area contributed by atoms with Crippen LogP contribution in [0.2, 0.25) is 0 Å². The summed E-state index contributed by atoms with van der Waals surface area (Å²) in [6.45, 7) is 2.05. The first-order valence-electron chi connectivity index (χ1n) is 6.69. The lowest BCUT2D eigenvalue weighted by Crippen LogP contribution is -2.39. The molecule has 0 aliphatic carbocycles. The van der Waals surface area contributed by atoms with Crippen LogP contribution in [-0.2, 0) is 6.42 Å². The lowest BCUT2D eigenvalue weighted by atomic mass is 10.1. The Hall–Kier alpha value is -2.49.